The molecule has 1 fully saturated rings. The molecule has 5 nitrogen and oxygen atoms in total. The quantitative estimate of drug-likeness (QED) is 0.868. The first-order valence-corrected chi connectivity index (χ1v) is 8.00. The molecule has 2 heterocycles. The number of carbonyl (C=O) groups is 1. The SMILES string of the molecule is Cc1ccc(OCc2c(C(=O)N3CCCC3)noc2C)cc1C. The van der Waals surface area contributed by atoms with Crippen LogP contribution in [-0.2, 0) is 6.61 Å². The Kier molecular flexibility index (Phi) is 4.37. The molecular formula is C18H22N2O3. The van der Waals surface area contributed by atoms with Crippen LogP contribution in [0.25, 0.3) is 0 Å². The van der Waals surface area contributed by atoms with Gasteiger partial charge in [-0.2, -0.15) is 0 Å². The van der Waals surface area contributed by atoms with E-state index in [1.807, 2.05) is 30.0 Å². The molecule has 0 spiro atoms. The second-order valence-corrected chi connectivity index (χ2v) is 6.10. The second kappa shape index (κ2) is 6.44. The molecule has 0 atom stereocenters. The molecule has 0 unspecified atom stereocenters. The number of carbonyl (C=O) groups excluding carboxylic acids is 1. The smallest absolute Gasteiger partial charge is 0.276 e. The summed E-state index contributed by atoms with van der Waals surface area (Å²) in [4.78, 5) is 14.4. The highest BCUT2D eigenvalue weighted by atomic mass is 16.5. The van der Waals surface area contributed by atoms with Gasteiger partial charge in [-0.3, -0.25) is 4.79 Å². The number of amides is 1. The molecule has 2 aromatic rings. The maximum Gasteiger partial charge on any atom is 0.276 e. The summed E-state index contributed by atoms with van der Waals surface area (Å²) >= 11 is 0. The zero-order valence-corrected chi connectivity index (χ0v) is 13.9. The van der Waals surface area contributed by atoms with Gasteiger partial charge in [0.15, 0.2) is 5.69 Å². The van der Waals surface area contributed by atoms with Crippen LogP contribution in [0, 0.1) is 20.8 Å². The van der Waals surface area contributed by atoms with Crippen LogP contribution in [0.5, 0.6) is 5.75 Å². The van der Waals surface area contributed by atoms with E-state index in [4.69, 9.17) is 9.26 Å². The average molecular weight is 314 g/mol. The minimum Gasteiger partial charge on any atom is -0.489 e. The summed E-state index contributed by atoms with van der Waals surface area (Å²) in [5.41, 5.74) is 3.52. The number of aromatic nitrogens is 1. The fourth-order valence-corrected chi connectivity index (χ4v) is 2.76. The van der Waals surface area contributed by atoms with E-state index in [9.17, 15) is 4.79 Å². The predicted molar refractivity (Wildman–Crippen MR) is 86.6 cm³/mol. The summed E-state index contributed by atoms with van der Waals surface area (Å²) in [5.74, 6) is 1.36. The van der Waals surface area contributed by atoms with Gasteiger partial charge in [0.2, 0.25) is 0 Å². The third-order valence-corrected chi connectivity index (χ3v) is 4.44. The van der Waals surface area contributed by atoms with Crippen molar-refractivity contribution in [1.29, 1.82) is 0 Å². The molecule has 1 aromatic heterocycles. The molecule has 3 rings (SSSR count). The summed E-state index contributed by atoms with van der Waals surface area (Å²) in [5, 5.41) is 3.96. The minimum absolute atomic E-state index is 0.0574. The van der Waals surface area contributed by atoms with E-state index < -0.39 is 0 Å². The molecular weight excluding hydrogens is 292 g/mol. The van der Waals surface area contributed by atoms with Crippen LogP contribution in [0.2, 0.25) is 0 Å². The molecule has 0 aliphatic carbocycles. The van der Waals surface area contributed by atoms with E-state index in [0.717, 1.165) is 37.2 Å². The molecule has 1 aromatic carbocycles. The Morgan fingerprint density at radius 3 is 2.65 bits per heavy atom. The monoisotopic (exact) mass is 314 g/mol. The molecule has 0 N–H and O–H groups in total. The van der Waals surface area contributed by atoms with Gasteiger partial charge in [-0.25, -0.2) is 0 Å². The largest absolute Gasteiger partial charge is 0.489 e. The van der Waals surface area contributed by atoms with Gasteiger partial charge in [0.1, 0.15) is 18.1 Å². The van der Waals surface area contributed by atoms with Crippen LogP contribution in [0.1, 0.15) is 45.8 Å². The Morgan fingerprint density at radius 2 is 1.96 bits per heavy atom. The van der Waals surface area contributed by atoms with Crippen molar-refractivity contribution in [1.82, 2.24) is 10.1 Å². The standard InChI is InChI=1S/C18H22N2O3/c1-12-6-7-15(10-13(12)2)22-11-16-14(3)23-19-17(16)18(21)20-8-4-5-9-20/h6-7,10H,4-5,8-9,11H2,1-3H3. The molecule has 1 aliphatic rings. The van der Waals surface area contributed by atoms with Gasteiger partial charge < -0.3 is 14.2 Å². The zero-order valence-electron chi connectivity index (χ0n) is 13.9. The van der Waals surface area contributed by atoms with Crippen molar-refractivity contribution in [2.45, 2.75) is 40.2 Å². The van der Waals surface area contributed by atoms with Crippen molar-refractivity contribution in [3.63, 3.8) is 0 Å². The molecule has 23 heavy (non-hydrogen) atoms. The fraction of sp³-hybridized carbons (Fsp3) is 0.444. The van der Waals surface area contributed by atoms with E-state index >= 15 is 0 Å². The maximum atomic E-state index is 12.5. The number of aryl methyl sites for hydroxylation is 3. The molecule has 0 saturated carbocycles. The van der Waals surface area contributed by atoms with E-state index in [1.54, 1.807) is 0 Å². The number of nitrogens with zero attached hydrogens (tertiary/aromatic N) is 2. The van der Waals surface area contributed by atoms with Gasteiger partial charge in [0.05, 0.1) is 5.56 Å². The molecule has 5 heteroatoms. The number of hydrogen-bond acceptors (Lipinski definition) is 4. The van der Waals surface area contributed by atoms with Gasteiger partial charge in [-0.1, -0.05) is 11.2 Å². The van der Waals surface area contributed by atoms with E-state index in [1.165, 1.54) is 11.1 Å². The number of likely N-dealkylation sites (tertiary alicyclic amines) is 1. The lowest BCUT2D eigenvalue weighted by Gasteiger charge is -2.14. The van der Waals surface area contributed by atoms with Crippen LogP contribution in [-0.4, -0.2) is 29.1 Å². The number of rotatable bonds is 4. The first-order valence-electron chi connectivity index (χ1n) is 8.00. The molecule has 1 saturated heterocycles. The Hall–Kier alpha value is -2.30. The average Bonchev–Trinajstić information content (AvgIpc) is 3.18. The van der Waals surface area contributed by atoms with Gasteiger partial charge in [-0.15, -0.1) is 0 Å². The molecule has 122 valence electrons. The highest BCUT2D eigenvalue weighted by molar-refractivity contribution is 5.94. The lowest BCUT2D eigenvalue weighted by molar-refractivity contribution is 0.0780. The van der Waals surface area contributed by atoms with Gasteiger partial charge >= 0.3 is 0 Å². The van der Waals surface area contributed by atoms with Crippen LogP contribution >= 0.6 is 0 Å². The van der Waals surface area contributed by atoms with Crippen molar-refractivity contribution in [3.05, 3.63) is 46.3 Å². The maximum absolute atomic E-state index is 12.5. The Labute approximate surface area is 136 Å². The van der Waals surface area contributed by atoms with Crippen LogP contribution in [0.3, 0.4) is 0 Å². The first kappa shape index (κ1) is 15.6. The molecule has 1 amide bonds. The van der Waals surface area contributed by atoms with E-state index in [2.05, 4.69) is 19.0 Å². The van der Waals surface area contributed by atoms with E-state index in [-0.39, 0.29) is 12.5 Å². The third kappa shape index (κ3) is 3.23. The fourth-order valence-electron chi connectivity index (χ4n) is 2.76. The molecule has 1 aliphatic heterocycles. The van der Waals surface area contributed by atoms with Crippen molar-refractivity contribution in [2.24, 2.45) is 0 Å². The van der Waals surface area contributed by atoms with Crippen molar-refractivity contribution < 1.29 is 14.1 Å². The summed E-state index contributed by atoms with van der Waals surface area (Å²) in [6.45, 7) is 7.80. The third-order valence-electron chi connectivity index (χ3n) is 4.44. The summed E-state index contributed by atoms with van der Waals surface area (Å²) < 4.78 is 11.1. The van der Waals surface area contributed by atoms with Crippen LogP contribution < -0.4 is 4.74 Å². The predicted octanol–water partition coefficient (Wildman–Crippen LogP) is 3.41. The molecule has 0 radical (unpaired) electrons. The minimum atomic E-state index is -0.0574. The van der Waals surface area contributed by atoms with Crippen LogP contribution in [0.4, 0.5) is 0 Å². The topological polar surface area (TPSA) is 55.6 Å². The van der Waals surface area contributed by atoms with Gasteiger partial charge in [-0.05, 0) is 56.9 Å². The number of ether oxygens (including phenoxy) is 1. The van der Waals surface area contributed by atoms with Crippen molar-refractivity contribution in [2.75, 3.05) is 13.1 Å². The molecule has 0 bridgehead atoms. The van der Waals surface area contributed by atoms with Crippen LogP contribution in [0.15, 0.2) is 22.7 Å². The first-order chi connectivity index (χ1) is 11.1. The Bertz CT molecular complexity index is 715. The van der Waals surface area contributed by atoms with Gasteiger partial charge in [0, 0.05) is 13.1 Å². The lowest BCUT2D eigenvalue weighted by Crippen LogP contribution is -2.28. The van der Waals surface area contributed by atoms with Crippen molar-refractivity contribution >= 4 is 5.91 Å². The Balaban J connectivity index is 1.76. The number of hydrogen-bond donors (Lipinski definition) is 0. The Morgan fingerprint density at radius 1 is 1.22 bits per heavy atom. The normalized spacial score (nSPS) is 14.3. The van der Waals surface area contributed by atoms with Gasteiger partial charge in [0.25, 0.3) is 5.91 Å². The number of benzene rings is 1. The van der Waals surface area contributed by atoms with E-state index in [0.29, 0.717) is 11.5 Å². The summed E-state index contributed by atoms with van der Waals surface area (Å²) in [6, 6.07) is 5.97. The second-order valence-electron chi connectivity index (χ2n) is 6.10. The zero-order chi connectivity index (χ0) is 16.4. The van der Waals surface area contributed by atoms with Crippen molar-refractivity contribution in [3.8, 4) is 5.75 Å². The summed E-state index contributed by atoms with van der Waals surface area (Å²) in [6.07, 6.45) is 2.11. The lowest BCUT2D eigenvalue weighted by atomic mass is 10.1. The summed E-state index contributed by atoms with van der Waals surface area (Å²) in [7, 11) is 0. The highest BCUT2D eigenvalue weighted by Gasteiger charge is 2.26. The highest BCUT2D eigenvalue weighted by Crippen LogP contribution is 2.22.